The lowest BCUT2D eigenvalue weighted by atomic mass is 10.1. The lowest BCUT2D eigenvalue weighted by Crippen LogP contribution is -2.05. The molecule has 0 saturated heterocycles. The van der Waals surface area contributed by atoms with Gasteiger partial charge in [-0.05, 0) is 36.4 Å². The summed E-state index contributed by atoms with van der Waals surface area (Å²) >= 11 is 1.60. The zero-order valence-corrected chi connectivity index (χ0v) is 12.6. The Morgan fingerprint density at radius 3 is 2.90 bits per heavy atom. The summed E-state index contributed by atoms with van der Waals surface area (Å²) in [4.78, 5) is 21.1. The van der Waals surface area contributed by atoms with Crippen LogP contribution in [0.15, 0.2) is 50.8 Å². The maximum atomic E-state index is 12.2. The number of aryl methyl sites for hydroxylation is 1. The Morgan fingerprint density at radius 1 is 1.24 bits per heavy atom. The second-order valence-electron chi connectivity index (χ2n) is 4.56. The fraction of sp³-hybridized carbons (Fsp3) is 0.188. The Morgan fingerprint density at radius 2 is 2.10 bits per heavy atom. The third-order valence-corrected chi connectivity index (χ3v) is 4.04. The SMILES string of the molecule is CCSc1ncccc1-c1nc2cccc(C)c2c(=O)o1. The van der Waals surface area contributed by atoms with Gasteiger partial charge < -0.3 is 4.42 Å². The van der Waals surface area contributed by atoms with Gasteiger partial charge in [-0.2, -0.15) is 0 Å². The minimum atomic E-state index is -0.357. The summed E-state index contributed by atoms with van der Waals surface area (Å²) in [5, 5.41) is 1.36. The molecule has 4 nitrogen and oxygen atoms in total. The predicted molar refractivity (Wildman–Crippen MR) is 84.6 cm³/mol. The molecule has 5 heteroatoms. The predicted octanol–water partition coefficient (Wildman–Crippen LogP) is 3.67. The van der Waals surface area contributed by atoms with Crippen LogP contribution in [0.2, 0.25) is 0 Å². The van der Waals surface area contributed by atoms with Crippen LogP contribution in [-0.2, 0) is 0 Å². The summed E-state index contributed by atoms with van der Waals surface area (Å²) in [7, 11) is 0. The van der Waals surface area contributed by atoms with E-state index in [1.165, 1.54) is 0 Å². The van der Waals surface area contributed by atoms with Crippen LogP contribution in [0.4, 0.5) is 0 Å². The number of pyridine rings is 1. The monoisotopic (exact) mass is 298 g/mol. The molecule has 0 aliphatic heterocycles. The first-order valence-corrected chi connectivity index (χ1v) is 7.68. The highest BCUT2D eigenvalue weighted by Gasteiger charge is 2.13. The molecular weight excluding hydrogens is 284 g/mol. The molecule has 21 heavy (non-hydrogen) atoms. The molecule has 0 saturated carbocycles. The van der Waals surface area contributed by atoms with E-state index < -0.39 is 0 Å². The van der Waals surface area contributed by atoms with E-state index in [9.17, 15) is 4.79 Å². The average Bonchev–Trinajstić information content (AvgIpc) is 2.48. The quantitative estimate of drug-likeness (QED) is 0.690. The van der Waals surface area contributed by atoms with Crippen LogP contribution < -0.4 is 5.63 Å². The van der Waals surface area contributed by atoms with Crippen molar-refractivity contribution in [2.45, 2.75) is 18.9 Å². The van der Waals surface area contributed by atoms with Gasteiger partial charge in [0.25, 0.3) is 0 Å². The van der Waals surface area contributed by atoms with Gasteiger partial charge in [0.15, 0.2) is 0 Å². The first kappa shape index (κ1) is 13.8. The van der Waals surface area contributed by atoms with Crippen molar-refractivity contribution < 1.29 is 4.42 Å². The van der Waals surface area contributed by atoms with E-state index in [1.807, 2.05) is 37.3 Å². The van der Waals surface area contributed by atoms with Crippen molar-refractivity contribution in [1.29, 1.82) is 0 Å². The van der Waals surface area contributed by atoms with Crippen molar-refractivity contribution in [3.63, 3.8) is 0 Å². The summed E-state index contributed by atoms with van der Waals surface area (Å²) in [6.45, 7) is 3.93. The van der Waals surface area contributed by atoms with E-state index in [1.54, 1.807) is 18.0 Å². The highest BCUT2D eigenvalue weighted by atomic mass is 32.2. The minimum absolute atomic E-state index is 0.321. The lowest BCUT2D eigenvalue weighted by Gasteiger charge is -2.06. The van der Waals surface area contributed by atoms with E-state index in [0.717, 1.165) is 21.9 Å². The summed E-state index contributed by atoms with van der Waals surface area (Å²) in [5.41, 5.74) is 1.92. The van der Waals surface area contributed by atoms with Gasteiger partial charge in [0.2, 0.25) is 5.89 Å². The van der Waals surface area contributed by atoms with E-state index in [2.05, 4.69) is 16.9 Å². The zero-order valence-electron chi connectivity index (χ0n) is 11.8. The van der Waals surface area contributed by atoms with Crippen LogP contribution in [-0.4, -0.2) is 15.7 Å². The number of rotatable bonds is 3. The van der Waals surface area contributed by atoms with Crippen LogP contribution in [0.3, 0.4) is 0 Å². The van der Waals surface area contributed by atoms with Gasteiger partial charge in [-0.1, -0.05) is 19.1 Å². The molecule has 3 rings (SSSR count). The van der Waals surface area contributed by atoms with Gasteiger partial charge in [0.1, 0.15) is 5.03 Å². The van der Waals surface area contributed by atoms with Crippen LogP contribution in [0, 0.1) is 6.92 Å². The van der Waals surface area contributed by atoms with Gasteiger partial charge in [0, 0.05) is 6.20 Å². The third-order valence-electron chi connectivity index (χ3n) is 3.15. The number of nitrogens with zero attached hydrogens (tertiary/aromatic N) is 2. The van der Waals surface area contributed by atoms with Crippen LogP contribution in [0.25, 0.3) is 22.4 Å². The number of hydrogen-bond donors (Lipinski definition) is 0. The number of hydrogen-bond acceptors (Lipinski definition) is 5. The molecule has 0 N–H and O–H groups in total. The van der Waals surface area contributed by atoms with Gasteiger partial charge in [-0.3, -0.25) is 0 Å². The van der Waals surface area contributed by atoms with Crippen molar-refractivity contribution in [2.24, 2.45) is 0 Å². The zero-order chi connectivity index (χ0) is 14.8. The van der Waals surface area contributed by atoms with Crippen molar-refractivity contribution in [2.75, 3.05) is 5.75 Å². The molecule has 0 spiro atoms. The molecule has 0 aliphatic carbocycles. The van der Waals surface area contributed by atoms with E-state index in [4.69, 9.17) is 4.42 Å². The Kier molecular flexibility index (Phi) is 3.75. The molecule has 3 aromatic rings. The summed E-state index contributed by atoms with van der Waals surface area (Å²) in [6.07, 6.45) is 1.73. The Labute approximate surface area is 126 Å². The number of thioether (sulfide) groups is 1. The first-order chi connectivity index (χ1) is 10.2. The molecule has 1 aromatic carbocycles. The molecule has 0 atom stereocenters. The molecule has 0 bridgehead atoms. The maximum Gasteiger partial charge on any atom is 0.347 e. The van der Waals surface area contributed by atoms with Gasteiger partial charge in [-0.15, -0.1) is 11.8 Å². The summed E-state index contributed by atoms with van der Waals surface area (Å²) < 4.78 is 5.42. The molecule has 0 fully saturated rings. The Balaban J connectivity index is 2.25. The number of benzene rings is 1. The lowest BCUT2D eigenvalue weighted by molar-refractivity contribution is 0.516. The van der Waals surface area contributed by atoms with Crippen LogP contribution in [0.5, 0.6) is 0 Å². The summed E-state index contributed by atoms with van der Waals surface area (Å²) in [6, 6.07) is 9.28. The third kappa shape index (κ3) is 2.56. The molecule has 106 valence electrons. The fourth-order valence-corrected chi connectivity index (χ4v) is 2.92. The van der Waals surface area contributed by atoms with Crippen molar-refractivity contribution in [3.8, 4) is 11.5 Å². The van der Waals surface area contributed by atoms with Crippen molar-refractivity contribution in [1.82, 2.24) is 9.97 Å². The summed E-state index contributed by atoms with van der Waals surface area (Å²) in [5.74, 6) is 1.21. The topological polar surface area (TPSA) is 56.0 Å². The largest absolute Gasteiger partial charge is 0.403 e. The normalized spacial score (nSPS) is 11.0. The smallest absolute Gasteiger partial charge is 0.347 e. The highest BCUT2D eigenvalue weighted by Crippen LogP contribution is 2.28. The maximum absolute atomic E-state index is 12.2. The first-order valence-electron chi connectivity index (χ1n) is 6.69. The van der Waals surface area contributed by atoms with Crippen molar-refractivity contribution >= 4 is 22.7 Å². The molecule has 0 radical (unpaired) electrons. The van der Waals surface area contributed by atoms with Gasteiger partial charge >= 0.3 is 5.63 Å². The van der Waals surface area contributed by atoms with Crippen LogP contribution >= 0.6 is 11.8 Å². The van der Waals surface area contributed by atoms with E-state index in [0.29, 0.717) is 16.8 Å². The second-order valence-corrected chi connectivity index (χ2v) is 5.82. The van der Waals surface area contributed by atoms with Crippen LogP contribution in [0.1, 0.15) is 12.5 Å². The number of fused-ring (bicyclic) bond motifs is 1. The second kappa shape index (κ2) is 5.69. The van der Waals surface area contributed by atoms with E-state index >= 15 is 0 Å². The molecule has 2 heterocycles. The highest BCUT2D eigenvalue weighted by molar-refractivity contribution is 7.99. The van der Waals surface area contributed by atoms with Crippen molar-refractivity contribution in [3.05, 3.63) is 52.5 Å². The minimum Gasteiger partial charge on any atom is -0.403 e. The Hall–Kier alpha value is -2.14. The van der Waals surface area contributed by atoms with Gasteiger partial charge in [0.05, 0.1) is 16.5 Å². The average molecular weight is 298 g/mol. The van der Waals surface area contributed by atoms with Gasteiger partial charge in [-0.25, -0.2) is 14.8 Å². The van der Waals surface area contributed by atoms with E-state index in [-0.39, 0.29) is 5.63 Å². The fourth-order valence-electron chi connectivity index (χ4n) is 2.20. The number of aromatic nitrogens is 2. The molecule has 0 amide bonds. The Bertz CT molecular complexity index is 858. The molecule has 0 aliphatic rings. The molecular formula is C16H14N2O2S. The standard InChI is InChI=1S/C16H14N2O2S/c1-3-21-15-11(7-5-9-17-15)14-18-12-8-4-6-10(2)13(12)16(19)20-14/h4-9H,3H2,1-2H3. The molecule has 0 unspecified atom stereocenters. The molecule has 2 aromatic heterocycles.